The van der Waals surface area contributed by atoms with Gasteiger partial charge >= 0.3 is 6.09 Å². The number of amides is 1. The molecular formula is C11H21NO3. The quantitative estimate of drug-likeness (QED) is 0.706. The van der Waals surface area contributed by atoms with Crippen LogP contribution in [0.2, 0.25) is 0 Å². The number of carbonyl (C=O) groups is 1. The molecule has 0 aromatic carbocycles. The molecule has 0 atom stereocenters. The number of hydrogen-bond donors (Lipinski definition) is 2. The predicted octanol–water partition coefficient (Wildman–Crippen LogP) is 1.84. The Balaban J connectivity index is 4.03. The Labute approximate surface area is 91.3 Å². The van der Waals surface area contributed by atoms with E-state index in [1.165, 1.54) is 0 Å². The molecule has 1 amide bonds. The van der Waals surface area contributed by atoms with E-state index in [2.05, 4.69) is 5.32 Å². The number of carbonyl (C=O) groups excluding carboxylic acids is 1. The van der Waals surface area contributed by atoms with E-state index in [9.17, 15) is 4.79 Å². The Morgan fingerprint density at radius 2 is 1.80 bits per heavy atom. The van der Waals surface area contributed by atoms with Crippen molar-refractivity contribution >= 4 is 6.09 Å². The maximum atomic E-state index is 11.3. The highest BCUT2D eigenvalue weighted by Crippen LogP contribution is 2.07. The summed E-state index contributed by atoms with van der Waals surface area (Å²) in [5, 5.41) is 11.5. The highest BCUT2D eigenvalue weighted by atomic mass is 16.6. The molecule has 0 aliphatic carbocycles. The molecule has 0 aromatic rings. The minimum Gasteiger partial charge on any atom is -0.444 e. The van der Waals surface area contributed by atoms with E-state index in [4.69, 9.17) is 9.84 Å². The van der Waals surface area contributed by atoms with Gasteiger partial charge in [0.05, 0.1) is 6.61 Å². The molecule has 0 saturated heterocycles. The van der Waals surface area contributed by atoms with Crippen LogP contribution in [0.4, 0.5) is 4.79 Å². The molecule has 0 fully saturated rings. The lowest BCUT2D eigenvalue weighted by atomic mass is 10.1. The number of aliphatic hydroxyl groups is 1. The third kappa shape index (κ3) is 6.96. The molecule has 0 bridgehead atoms. The van der Waals surface area contributed by atoms with Gasteiger partial charge < -0.3 is 15.2 Å². The van der Waals surface area contributed by atoms with E-state index >= 15 is 0 Å². The van der Waals surface area contributed by atoms with E-state index in [0.717, 1.165) is 11.1 Å². The Kier molecular flexibility index (Phi) is 5.36. The van der Waals surface area contributed by atoms with Crippen molar-refractivity contribution in [1.82, 2.24) is 5.32 Å². The maximum absolute atomic E-state index is 11.3. The Morgan fingerprint density at radius 3 is 2.20 bits per heavy atom. The van der Waals surface area contributed by atoms with E-state index in [0.29, 0.717) is 6.54 Å². The first-order valence-corrected chi connectivity index (χ1v) is 4.99. The Morgan fingerprint density at radius 1 is 1.27 bits per heavy atom. The smallest absolute Gasteiger partial charge is 0.407 e. The summed E-state index contributed by atoms with van der Waals surface area (Å²) in [6.07, 6.45) is -0.437. The second kappa shape index (κ2) is 5.75. The molecule has 15 heavy (non-hydrogen) atoms. The summed E-state index contributed by atoms with van der Waals surface area (Å²) in [6, 6.07) is 0. The van der Waals surface area contributed by atoms with Crippen molar-refractivity contribution < 1.29 is 14.6 Å². The number of aliphatic hydroxyl groups excluding tert-OH is 1. The van der Waals surface area contributed by atoms with Gasteiger partial charge in [0.15, 0.2) is 0 Å². The van der Waals surface area contributed by atoms with Gasteiger partial charge in [0, 0.05) is 6.54 Å². The summed E-state index contributed by atoms with van der Waals surface area (Å²) in [6.45, 7) is 9.55. The molecule has 0 rings (SSSR count). The van der Waals surface area contributed by atoms with Crippen LogP contribution in [-0.4, -0.2) is 30.0 Å². The monoisotopic (exact) mass is 215 g/mol. The van der Waals surface area contributed by atoms with E-state index in [-0.39, 0.29) is 6.61 Å². The van der Waals surface area contributed by atoms with Crippen molar-refractivity contribution in [2.45, 2.75) is 40.2 Å². The molecular weight excluding hydrogens is 194 g/mol. The molecule has 0 radical (unpaired) electrons. The first-order valence-electron chi connectivity index (χ1n) is 4.99. The van der Waals surface area contributed by atoms with Crippen LogP contribution in [0.1, 0.15) is 34.6 Å². The molecule has 4 heteroatoms. The molecule has 0 saturated carbocycles. The van der Waals surface area contributed by atoms with Crippen LogP contribution in [0.25, 0.3) is 0 Å². The highest BCUT2D eigenvalue weighted by Gasteiger charge is 2.15. The van der Waals surface area contributed by atoms with Crippen LogP contribution in [0.3, 0.4) is 0 Å². The fourth-order valence-electron chi connectivity index (χ4n) is 0.805. The van der Waals surface area contributed by atoms with Gasteiger partial charge in [-0.15, -0.1) is 0 Å². The molecule has 0 spiro atoms. The van der Waals surface area contributed by atoms with Gasteiger partial charge in [-0.3, -0.25) is 0 Å². The van der Waals surface area contributed by atoms with E-state index in [1.54, 1.807) is 0 Å². The Bertz CT molecular complexity index is 251. The van der Waals surface area contributed by atoms with Gasteiger partial charge in [-0.05, 0) is 40.2 Å². The zero-order valence-corrected chi connectivity index (χ0v) is 10.2. The van der Waals surface area contributed by atoms with Crippen molar-refractivity contribution in [2.75, 3.05) is 13.2 Å². The summed E-state index contributed by atoms with van der Waals surface area (Å²) < 4.78 is 5.07. The fourth-order valence-corrected chi connectivity index (χ4v) is 0.805. The van der Waals surface area contributed by atoms with Crippen LogP contribution in [0, 0.1) is 0 Å². The fraction of sp³-hybridized carbons (Fsp3) is 0.727. The first kappa shape index (κ1) is 14.0. The molecule has 0 unspecified atom stereocenters. The molecule has 0 aliphatic rings. The minimum absolute atomic E-state index is 0.0157. The lowest BCUT2D eigenvalue weighted by molar-refractivity contribution is 0.0532. The number of nitrogens with one attached hydrogen (secondary N) is 1. The van der Waals surface area contributed by atoms with Crippen molar-refractivity contribution in [3.8, 4) is 0 Å². The van der Waals surface area contributed by atoms with Gasteiger partial charge in [-0.25, -0.2) is 4.79 Å². The molecule has 0 aliphatic heterocycles. The minimum atomic E-state index is -0.478. The zero-order valence-electron chi connectivity index (χ0n) is 10.2. The molecule has 0 aromatic heterocycles. The van der Waals surface area contributed by atoms with Crippen molar-refractivity contribution in [1.29, 1.82) is 0 Å². The van der Waals surface area contributed by atoms with Crippen LogP contribution in [-0.2, 0) is 4.74 Å². The van der Waals surface area contributed by atoms with Crippen molar-refractivity contribution in [3.63, 3.8) is 0 Å². The zero-order chi connectivity index (χ0) is 12.1. The summed E-state index contributed by atoms with van der Waals surface area (Å²) in [7, 11) is 0. The summed E-state index contributed by atoms with van der Waals surface area (Å²) in [5.74, 6) is 0. The average Bonchev–Trinajstić information content (AvgIpc) is 2.10. The first-order chi connectivity index (χ1) is 6.76. The third-order valence-corrected chi connectivity index (χ3v) is 1.86. The number of hydrogen-bond acceptors (Lipinski definition) is 3. The van der Waals surface area contributed by atoms with Crippen molar-refractivity contribution in [3.05, 3.63) is 11.1 Å². The largest absolute Gasteiger partial charge is 0.444 e. The second-order valence-corrected chi connectivity index (χ2v) is 4.57. The Hall–Kier alpha value is -1.03. The van der Waals surface area contributed by atoms with Gasteiger partial charge in [0.1, 0.15) is 5.60 Å². The lowest BCUT2D eigenvalue weighted by Gasteiger charge is -2.20. The van der Waals surface area contributed by atoms with Crippen LogP contribution >= 0.6 is 0 Å². The molecule has 88 valence electrons. The maximum Gasteiger partial charge on any atom is 0.407 e. The SMILES string of the molecule is C/C(CO)=C(/C)CNC(=O)OC(C)(C)C. The number of alkyl carbamates (subject to hydrolysis) is 1. The van der Waals surface area contributed by atoms with E-state index < -0.39 is 11.7 Å². The number of ether oxygens (including phenoxy) is 1. The highest BCUT2D eigenvalue weighted by molar-refractivity contribution is 5.68. The van der Waals surface area contributed by atoms with Gasteiger partial charge in [0.2, 0.25) is 0 Å². The third-order valence-electron chi connectivity index (χ3n) is 1.86. The normalized spacial score (nSPS) is 13.2. The van der Waals surface area contributed by atoms with E-state index in [1.807, 2.05) is 34.6 Å². The number of rotatable bonds is 3. The van der Waals surface area contributed by atoms with Crippen molar-refractivity contribution in [2.24, 2.45) is 0 Å². The standard InChI is InChI=1S/C11H21NO3/c1-8(9(2)7-13)6-12-10(14)15-11(3,4)5/h13H,6-7H2,1-5H3,(H,12,14)/b9-8+. The molecule has 4 nitrogen and oxygen atoms in total. The summed E-state index contributed by atoms with van der Waals surface area (Å²) in [5.41, 5.74) is 1.34. The summed E-state index contributed by atoms with van der Waals surface area (Å²) in [4.78, 5) is 11.3. The summed E-state index contributed by atoms with van der Waals surface area (Å²) >= 11 is 0. The molecule has 0 heterocycles. The second-order valence-electron chi connectivity index (χ2n) is 4.57. The van der Waals surface area contributed by atoms with Crippen LogP contribution in [0.15, 0.2) is 11.1 Å². The predicted molar refractivity (Wildman–Crippen MR) is 59.7 cm³/mol. The van der Waals surface area contributed by atoms with Crippen LogP contribution < -0.4 is 5.32 Å². The van der Waals surface area contributed by atoms with Gasteiger partial charge in [-0.2, -0.15) is 0 Å². The van der Waals surface area contributed by atoms with Gasteiger partial charge in [-0.1, -0.05) is 5.57 Å². The van der Waals surface area contributed by atoms with Gasteiger partial charge in [0.25, 0.3) is 0 Å². The topological polar surface area (TPSA) is 58.6 Å². The average molecular weight is 215 g/mol. The van der Waals surface area contributed by atoms with Crippen LogP contribution in [0.5, 0.6) is 0 Å². The lowest BCUT2D eigenvalue weighted by Crippen LogP contribution is -2.33. The molecule has 2 N–H and O–H groups in total.